The number of halogens is 1. The summed E-state index contributed by atoms with van der Waals surface area (Å²) in [5.74, 6) is 0.202. The van der Waals surface area contributed by atoms with Crippen molar-refractivity contribution in [1.82, 2.24) is 10.1 Å². The highest BCUT2D eigenvalue weighted by molar-refractivity contribution is 8.01. The average molecular weight is 342 g/mol. The topological polar surface area (TPSA) is 38.9 Å². The predicted molar refractivity (Wildman–Crippen MR) is 91.3 cm³/mol. The largest absolute Gasteiger partial charge is 0.357 e. The quantitative estimate of drug-likeness (QED) is 0.445. The fraction of sp³-hybridized carbons (Fsp3) is 0.0588. The van der Waals surface area contributed by atoms with Crippen LogP contribution in [0.3, 0.4) is 0 Å². The molecule has 1 atom stereocenters. The van der Waals surface area contributed by atoms with E-state index in [1.54, 1.807) is 6.07 Å². The van der Waals surface area contributed by atoms with Gasteiger partial charge < -0.3 is 4.52 Å². The van der Waals surface area contributed by atoms with Crippen LogP contribution in [0.15, 0.2) is 69.5 Å². The Morgan fingerprint density at radius 3 is 2.65 bits per heavy atom. The van der Waals surface area contributed by atoms with Crippen molar-refractivity contribution in [2.45, 2.75) is 9.84 Å². The normalized spacial score (nSPS) is 12.6. The van der Waals surface area contributed by atoms with Crippen molar-refractivity contribution in [2.24, 2.45) is 0 Å². The van der Waals surface area contributed by atoms with Gasteiger partial charge in [-0.2, -0.15) is 0 Å². The monoisotopic (exact) mass is 342 g/mol. The molecule has 0 spiro atoms. The van der Waals surface area contributed by atoms with Gasteiger partial charge in [-0.1, -0.05) is 47.6 Å². The number of rotatable bonds is 4. The first kappa shape index (κ1) is 14.4. The molecule has 0 aliphatic heterocycles. The third kappa shape index (κ3) is 3.00. The van der Waals surface area contributed by atoms with Crippen LogP contribution >= 0.6 is 23.1 Å². The molecule has 0 aliphatic carbocycles. The number of aromatic nitrogens is 2. The van der Waals surface area contributed by atoms with Crippen molar-refractivity contribution in [3.63, 3.8) is 0 Å². The maximum atomic E-state index is 14.5. The van der Waals surface area contributed by atoms with E-state index in [0.717, 1.165) is 27.5 Å². The lowest BCUT2D eigenvalue weighted by molar-refractivity contribution is 0.324. The SMILES string of the molecule is FC(Sc1nc2ccccc2s1)c1cc(-c2ccccc2)no1. The van der Waals surface area contributed by atoms with Crippen LogP contribution in [0.5, 0.6) is 0 Å². The minimum atomic E-state index is -1.33. The van der Waals surface area contributed by atoms with Crippen molar-refractivity contribution < 1.29 is 8.91 Å². The van der Waals surface area contributed by atoms with Gasteiger partial charge >= 0.3 is 0 Å². The molecule has 0 radical (unpaired) electrons. The molecular weight excluding hydrogens is 331 g/mol. The second-order valence-corrected chi connectivity index (χ2v) is 7.19. The van der Waals surface area contributed by atoms with Gasteiger partial charge in [0.15, 0.2) is 10.1 Å². The highest BCUT2D eigenvalue weighted by Crippen LogP contribution is 2.40. The zero-order valence-electron chi connectivity index (χ0n) is 11.8. The summed E-state index contributed by atoms with van der Waals surface area (Å²) in [7, 11) is 0. The lowest BCUT2D eigenvalue weighted by atomic mass is 10.1. The van der Waals surface area contributed by atoms with Crippen LogP contribution in [-0.2, 0) is 0 Å². The van der Waals surface area contributed by atoms with E-state index in [1.165, 1.54) is 11.3 Å². The molecule has 0 saturated heterocycles. The molecule has 0 N–H and O–H groups in total. The van der Waals surface area contributed by atoms with E-state index in [2.05, 4.69) is 10.1 Å². The van der Waals surface area contributed by atoms with Crippen molar-refractivity contribution in [2.75, 3.05) is 0 Å². The molecule has 2 aromatic heterocycles. The zero-order chi connectivity index (χ0) is 15.6. The molecule has 4 rings (SSSR count). The van der Waals surface area contributed by atoms with Crippen molar-refractivity contribution >= 4 is 33.3 Å². The number of nitrogens with zero attached hydrogens (tertiary/aromatic N) is 2. The fourth-order valence-corrected chi connectivity index (χ4v) is 4.16. The van der Waals surface area contributed by atoms with Gasteiger partial charge in [0.25, 0.3) is 0 Å². The Morgan fingerprint density at radius 2 is 1.83 bits per heavy atom. The van der Waals surface area contributed by atoms with Crippen LogP contribution in [0, 0.1) is 0 Å². The van der Waals surface area contributed by atoms with E-state index in [4.69, 9.17) is 4.52 Å². The molecule has 0 bridgehead atoms. The zero-order valence-corrected chi connectivity index (χ0v) is 13.5. The predicted octanol–water partition coefficient (Wildman–Crippen LogP) is 5.71. The van der Waals surface area contributed by atoms with Crippen LogP contribution in [0.25, 0.3) is 21.5 Å². The molecule has 23 heavy (non-hydrogen) atoms. The highest BCUT2D eigenvalue weighted by atomic mass is 32.2. The molecule has 0 saturated carbocycles. The van der Waals surface area contributed by atoms with Gasteiger partial charge in [0.05, 0.1) is 10.2 Å². The molecule has 0 amide bonds. The molecule has 2 heterocycles. The summed E-state index contributed by atoms with van der Waals surface area (Å²) in [5, 5.41) is 3.95. The molecule has 0 aliphatic rings. The summed E-state index contributed by atoms with van der Waals surface area (Å²) in [4.78, 5) is 4.42. The van der Waals surface area contributed by atoms with Crippen LogP contribution in [-0.4, -0.2) is 10.1 Å². The maximum absolute atomic E-state index is 14.5. The van der Waals surface area contributed by atoms with Gasteiger partial charge in [0.2, 0.25) is 5.50 Å². The highest BCUT2D eigenvalue weighted by Gasteiger charge is 2.20. The molecular formula is C17H11FN2OS2. The minimum absolute atomic E-state index is 0.202. The van der Waals surface area contributed by atoms with Gasteiger partial charge in [0.1, 0.15) is 5.69 Å². The van der Waals surface area contributed by atoms with E-state index < -0.39 is 5.50 Å². The van der Waals surface area contributed by atoms with Gasteiger partial charge in [-0.3, -0.25) is 0 Å². The first-order valence-corrected chi connectivity index (χ1v) is 8.67. The number of hydrogen-bond donors (Lipinski definition) is 0. The standard InChI is InChI=1S/C17H11FN2OS2/c18-16(23-17-19-12-8-4-5-9-15(12)22-17)14-10-13(20-21-14)11-6-2-1-3-7-11/h1-10,16H. The Bertz CT molecular complexity index is 903. The smallest absolute Gasteiger partial charge is 0.212 e. The molecule has 1 unspecified atom stereocenters. The Hall–Kier alpha value is -2.18. The number of hydrogen-bond acceptors (Lipinski definition) is 5. The summed E-state index contributed by atoms with van der Waals surface area (Å²) in [6.45, 7) is 0. The van der Waals surface area contributed by atoms with E-state index in [9.17, 15) is 4.39 Å². The van der Waals surface area contributed by atoms with Crippen LogP contribution in [0.4, 0.5) is 4.39 Å². The fourth-order valence-electron chi connectivity index (χ4n) is 2.19. The number of benzene rings is 2. The lowest BCUT2D eigenvalue weighted by Gasteiger charge is -1.99. The summed E-state index contributed by atoms with van der Waals surface area (Å²) in [6, 6.07) is 19.0. The van der Waals surface area contributed by atoms with Crippen LogP contribution < -0.4 is 0 Å². The second kappa shape index (κ2) is 6.14. The maximum Gasteiger partial charge on any atom is 0.212 e. The summed E-state index contributed by atoms with van der Waals surface area (Å²) >= 11 is 2.51. The summed E-state index contributed by atoms with van der Waals surface area (Å²) in [6.07, 6.45) is 0. The van der Waals surface area contributed by atoms with Crippen LogP contribution in [0.1, 0.15) is 11.3 Å². The Kier molecular flexibility index (Phi) is 3.85. The molecule has 114 valence electrons. The van der Waals surface area contributed by atoms with E-state index in [-0.39, 0.29) is 5.76 Å². The number of thiazole rings is 1. The van der Waals surface area contributed by atoms with Crippen molar-refractivity contribution in [1.29, 1.82) is 0 Å². The number of para-hydroxylation sites is 1. The Labute approximate surface area is 140 Å². The molecule has 4 aromatic rings. The molecule has 3 nitrogen and oxygen atoms in total. The third-order valence-corrected chi connectivity index (χ3v) is 5.40. The summed E-state index contributed by atoms with van der Waals surface area (Å²) < 4.78 is 21.4. The van der Waals surface area contributed by atoms with Gasteiger partial charge in [-0.25, -0.2) is 9.37 Å². The lowest BCUT2D eigenvalue weighted by Crippen LogP contribution is -1.82. The summed E-state index contributed by atoms with van der Waals surface area (Å²) in [5.41, 5.74) is 1.09. The third-order valence-electron chi connectivity index (χ3n) is 3.30. The molecule has 2 aromatic carbocycles. The van der Waals surface area contributed by atoms with E-state index >= 15 is 0 Å². The van der Waals surface area contributed by atoms with Crippen molar-refractivity contribution in [3.05, 3.63) is 66.4 Å². The first-order chi connectivity index (χ1) is 11.3. The number of thioether (sulfide) groups is 1. The first-order valence-electron chi connectivity index (χ1n) is 6.98. The molecule has 6 heteroatoms. The van der Waals surface area contributed by atoms with E-state index in [0.29, 0.717) is 10.0 Å². The van der Waals surface area contributed by atoms with Crippen LogP contribution in [0.2, 0.25) is 0 Å². The van der Waals surface area contributed by atoms with E-state index in [1.807, 2.05) is 54.6 Å². The van der Waals surface area contributed by atoms with Gasteiger partial charge in [0, 0.05) is 11.6 Å². The van der Waals surface area contributed by atoms with Crippen molar-refractivity contribution in [3.8, 4) is 11.3 Å². The Morgan fingerprint density at radius 1 is 1.04 bits per heavy atom. The number of fused-ring (bicyclic) bond motifs is 1. The minimum Gasteiger partial charge on any atom is -0.357 e. The number of alkyl halides is 1. The second-order valence-electron chi connectivity index (χ2n) is 4.86. The molecule has 0 fully saturated rings. The van der Waals surface area contributed by atoms with Gasteiger partial charge in [-0.15, -0.1) is 11.3 Å². The van der Waals surface area contributed by atoms with Gasteiger partial charge in [-0.05, 0) is 23.9 Å². The average Bonchev–Trinajstić information content (AvgIpc) is 3.22. The Balaban J connectivity index is 1.55.